The molecule has 0 radical (unpaired) electrons. The van der Waals surface area contributed by atoms with E-state index in [2.05, 4.69) is 39.9 Å². The number of nitrogens with one attached hydrogen (secondary N) is 3. The normalized spacial score (nSPS) is 16.7. The molecule has 2 heterocycles. The third-order valence-electron chi connectivity index (χ3n) is 5.40. The van der Waals surface area contributed by atoms with Gasteiger partial charge in [-0.05, 0) is 54.7 Å². The first-order chi connectivity index (χ1) is 14.2. The van der Waals surface area contributed by atoms with Crippen molar-refractivity contribution in [2.45, 2.75) is 25.9 Å². The maximum atomic E-state index is 12.3. The lowest BCUT2D eigenvalue weighted by Crippen LogP contribution is -2.26. The maximum Gasteiger partial charge on any atom is 0.248 e. The molecule has 1 atom stereocenters. The van der Waals surface area contributed by atoms with E-state index in [1.54, 1.807) is 6.08 Å². The van der Waals surface area contributed by atoms with Gasteiger partial charge in [-0.3, -0.25) is 4.79 Å². The first kappa shape index (κ1) is 19.4. The third-order valence-corrected chi connectivity index (χ3v) is 5.40. The van der Waals surface area contributed by atoms with Crippen LogP contribution in [-0.4, -0.2) is 36.7 Å². The Balaban J connectivity index is 1.40. The molecule has 0 spiro atoms. The van der Waals surface area contributed by atoms with E-state index in [0.29, 0.717) is 12.6 Å². The number of hydrogen-bond acceptors (Lipinski definition) is 3. The van der Waals surface area contributed by atoms with Crippen molar-refractivity contribution in [2.24, 2.45) is 0 Å². The molecule has 1 fully saturated rings. The first-order valence-electron chi connectivity index (χ1n) is 10.2. The summed E-state index contributed by atoms with van der Waals surface area (Å²) in [5, 5.41) is 7.49. The number of anilines is 1. The molecule has 1 aliphatic rings. The van der Waals surface area contributed by atoms with Crippen LogP contribution in [-0.2, 0) is 9.53 Å². The average molecular weight is 389 g/mol. The molecular weight excluding hydrogens is 362 g/mol. The second kappa shape index (κ2) is 9.07. The van der Waals surface area contributed by atoms with Crippen molar-refractivity contribution in [1.82, 2.24) is 10.3 Å². The number of carbonyl (C=O) groups excluding carboxylic acids is 1. The van der Waals surface area contributed by atoms with Crippen molar-refractivity contribution in [1.29, 1.82) is 0 Å². The van der Waals surface area contributed by atoms with E-state index in [4.69, 9.17) is 4.74 Å². The van der Waals surface area contributed by atoms with Crippen LogP contribution in [0.1, 0.15) is 18.4 Å². The van der Waals surface area contributed by atoms with Crippen LogP contribution in [0.4, 0.5) is 5.69 Å². The van der Waals surface area contributed by atoms with Gasteiger partial charge in [-0.15, -0.1) is 0 Å². The topological polar surface area (TPSA) is 66.2 Å². The summed E-state index contributed by atoms with van der Waals surface area (Å²) in [5.74, 6) is -0.121. The van der Waals surface area contributed by atoms with Crippen molar-refractivity contribution in [3.05, 3.63) is 66.4 Å². The van der Waals surface area contributed by atoms with Gasteiger partial charge in [0.05, 0.1) is 6.10 Å². The van der Waals surface area contributed by atoms with E-state index in [0.717, 1.165) is 53.9 Å². The van der Waals surface area contributed by atoms with Crippen LogP contribution in [0.3, 0.4) is 0 Å². The van der Waals surface area contributed by atoms with E-state index in [9.17, 15) is 4.79 Å². The number of hydrogen-bond donors (Lipinski definition) is 3. The summed E-state index contributed by atoms with van der Waals surface area (Å²) in [4.78, 5) is 15.6. The molecule has 1 aliphatic heterocycles. The highest BCUT2D eigenvalue weighted by Gasteiger charge is 2.14. The number of H-pyrrole nitrogens is 1. The molecule has 3 aromatic rings. The predicted octanol–water partition coefficient (Wildman–Crippen LogP) is 4.41. The fourth-order valence-corrected chi connectivity index (χ4v) is 3.86. The molecule has 1 amide bonds. The lowest BCUT2D eigenvalue weighted by Gasteiger charge is -2.13. The van der Waals surface area contributed by atoms with Gasteiger partial charge in [0.15, 0.2) is 0 Å². The zero-order valence-electron chi connectivity index (χ0n) is 16.7. The first-order valence-corrected chi connectivity index (χ1v) is 10.2. The van der Waals surface area contributed by atoms with E-state index < -0.39 is 0 Å². The van der Waals surface area contributed by atoms with E-state index in [1.165, 1.54) is 5.39 Å². The zero-order chi connectivity index (χ0) is 20.1. The van der Waals surface area contributed by atoms with Gasteiger partial charge < -0.3 is 20.4 Å². The highest BCUT2D eigenvalue weighted by atomic mass is 16.5. The van der Waals surface area contributed by atoms with Gasteiger partial charge in [0.2, 0.25) is 5.91 Å². The molecule has 5 nitrogen and oxygen atoms in total. The maximum absolute atomic E-state index is 12.3. The number of aromatic nitrogens is 1. The molecule has 1 unspecified atom stereocenters. The van der Waals surface area contributed by atoms with Gasteiger partial charge in [0.25, 0.3) is 0 Å². The highest BCUT2D eigenvalue weighted by Crippen LogP contribution is 2.33. The van der Waals surface area contributed by atoms with Crippen LogP contribution in [0.2, 0.25) is 0 Å². The number of rotatable bonds is 7. The third kappa shape index (κ3) is 4.58. The lowest BCUT2D eigenvalue weighted by molar-refractivity contribution is -0.111. The minimum absolute atomic E-state index is 0.121. The lowest BCUT2D eigenvalue weighted by atomic mass is 9.96. The van der Waals surface area contributed by atoms with Crippen LogP contribution >= 0.6 is 0 Å². The molecule has 1 saturated heterocycles. The standard InChI is InChI=1S/C24H27N3O2/c1-17-19(20-8-3-10-23-21(20)12-14-26-23)7-2-9-22(17)27-24(28)11-4-13-25-16-18-6-5-15-29-18/h2-4,7-12,14,18,25-26H,5-6,13,15-16H2,1H3,(H,27,28)/b11-4+. The Morgan fingerprint density at radius 1 is 1.21 bits per heavy atom. The molecule has 29 heavy (non-hydrogen) atoms. The summed E-state index contributed by atoms with van der Waals surface area (Å²) >= 11 is 0. The number of ether oxygens (including phenoxy) is 1. The van der Waals surface area contributed by atoms with Crippen molar-refractivity contribution >= 4 is 22.5 Å². The Labute approximate surface area is 171 Å². The predicted molar refractivity (Wildman–Crippen MR) is 118 cm³/mol. The Morgan fingerprint density at radius 2 is 2.07 bits per heavy atom. The second-order valence-corrected chi connectivity index (χ2v) is 7.41. The van der Waals surface area contributed by atoms with Crippen LogP contribution in [0, 0.1) is 6.92 Å². The number of aromatic amines is 1. The van der Waals surface area contributed by atoms with Crippen LogP contribution in [0.5, 0.6) is 0 Å². The minimum Gasteiger partial charge on any atom is -0.377 e. The SMILES string of the molecule is Cc1c(NC(=O)/C=C/CNCC2CCCO2)cccc1-c1cccc2[nH]ccc12. The van der Waals surface area contributed by atoms with Crippen molar-refractivity contribution in [3.8, 4) is 11.1 Å². The Hall–Kier alpha value is -2.89. The number of fused-ring (bicyclic) bond motifs is 1. The molecule has 150 valence electrons. The van der Waals surface area contributed by atoms with E-state index >= 15 is 0 Å². The smallest absolute Gasteiger partial charge is 0.248 e. The van der Waals surface area contributed by atoms with Gasteiger partial charge in [-0.1, -0.05) is 30.3 Å². The molecular formula is C24H27N3O2. The molecule has 3 N–H and O–H groups in total. The molecule has 0 bridgehead atoms. The molecule has 1 aromatic heterocycles. The van der Waals surface area contributed by atoms with Crippen molar-refractivity contribution in [2.75, 3.05) is 25.0 Å². The van der Waals surface area contributed by atoms with Crippen molar-refractivity contribution < 1.29 is 9.53 Å². The van der Waals surface area contributed by atoms with Gasteiger partial charge in [-0.25, -0.2) is 0 Å². The Kier molecular flexibility index (Phi) is 6.08. The largest absolute Gasteiger partial charge is 0.377 e. The average Bonchev–Trinajstić information content (AvgIpc) is 3.41. The number of carbonyl (C=O) groups is 1. The Morgan fingerprint density at radius 3 is 2.93 bits per heavy atom. The van der Waals surface area contributed by atoms with Gasteiger partial charge in [0, 0.05) is 48.6 Å². The van der Waals surface area contributed by atoms with E-state index in [-0.39, 0.29) is 5.91 Å². The van der Waals surface area contributed by atoms with Crippen LogP contribution in [0.25, 0.3) is 22.0 Å². The molecule has 0 saturated carbocycles. The Bertz CT molecular complexity index is 1020. The van der Waals surface area contributed by atoms with Crippen LogP contribution in [0.15, 0.2) is 60.8 Å². The summed E-state index contributed by atoms with van der Waals surface area (Å²) in [6.07, 6.45) is 7.95. The molecule has 5 heteroatoms. The second-order valence-electron chi connectivity index (χ2n) is 7.41. The summed E-state index contributed by atoms with van der Waals surface area (Å²) in [7, 11) is 0. The summed E-state index contributed by atoms with van der Waals surface area (Å²) in [6, 6.07) is 14.3. The molecule has 2 aromatic carbocycles. The van der Waals surface area contributed by atoms with E-state index in [1.807, 2.05) is 37.4 Å². The van der Waals surface area contributed by atoms with Gasteiger partial charge in [0.1, 0.15) is 0 Å². The minimum atomic E-state index is -0.121. The van der Waals surface area contributed by atoms with Crippen molar-refractivity contribution in [3.63, 3.8) is 0 Å². The monoisotopic (exact) mass is 389 g/mol. The summed E-state index contributed by atoms with van der Waals surface area (Å²) < 4.78 is 5.57. The van der Waals surface area contributed by atoms with Gasteiger partial charge in [-0.2, -0.15) is 0 Å². The van der Waals surface area contributed by atoms with Gasteiger partial charge >= 0.3 is 0 Å². The summed E-state index contributed by atoms with van der Waals surface area (Å²) in [6.45, 7) is 4.39. The fraction of sp³-hybridized carbons (Fsp3) is 0.292. The fourth-order valence-electron chi connectivity index (χ4n) is 3.86. The molecule has 4 rings (SSSR count). The number of amides is 1. The highest BCUT2D eigenvalue weighted by molar-refractivity contribution is 6.02. The van der Waals surface area contributed by atoms with Crippen LogP contribution < -0.4 is 10.6 Å². The summed E-state index contributed by atoms with van der Waals surface area (Å²) in [5.41, 5.74) is 5.27. The number of benzene rings is 2. The zero-order valence-corrected chi connectivity index (χ0v) is 16.7. The quantitative estimate of drug-likeness (QED) is 0.414. The molecule has 0 aliphatic carbocycles.